The standard InChI is InChI=1S/C18H18F3N7/c19-18(20,21)14-4-2-1-3-12(14)6-8-28-10-16(25-11-28)15-9-13(5-7-24-15)17(22)26-27-23/h1-5,7,9-11,27H,6,8,23H2,(H2,22,26). The summed E-state index contributed by atoms with van der Waals surface area (Å²) in [5.74, 6) is 5.31. The van der Waals surface area contributed by atoms with Crippen LogP contribution in [0.1, 0.15) is 16.7 Å². The van der Waals surface area contributed by atoms with Gasteiger partial charge in [0.15, 0.2) is 5.84 Å². The zero-order chi connectivity index (χ0) is 20.1. The maximum atomic E-state index is 13.1. The topological polar surface area (TPSA) is 107 Å². The Hall–Kier alpha value is -3.40. The van der Waals surface area contributed by atoms with E-state index in [0.717, 1.165) is 6.07 Å². The zero-order valence-corrected chi connectivity index (χ0v) is 14.7. The molecular weight excluding hydrogens is 371 g/mol. The predicted molar refractivity (Wildman–Crippen MR) is 98.7 cm³/mol. The average Bonchev–Trinajstić information content (AvgIpc) is 3.15. The van der Waals surface area contributed by atoms with Gasteiger partial charge in [0.2, 0.25) is 0 Å². The van der Waals surface area contributed by atoms with Crippen LogP contribution in [0.15, 0.2) is 60.2 Å². The van der Waals surface area contributed by atoms with Gasteiger partial charge in [0, 0.05) is 24.5 Å². The third-order valence-electron chi connectivity index (χ3n) is 4.10. The molecule has 10 heteroatoms. The second kappa shape index (κ2) is 8.09. The van der Waals surface area contributed by atoms with E-state index in [-0.39, 0.29) is 17.8 Å². The number of alkyl halides is 3. The van der Waals surface area contributed by atoms with Crippen LogP contribution in [0, 0.1) is 0 Å². The molecule has 0 fully saturated rings. The van der Waals surface area contributed by atoms with Gasteiger partial charge in [-0.1, -0.05) is 18.2 Å². The number of rotatable bonds is 6. The largest absolute Gasteiger partial charge is 0.416 e. The van der Waals surface area contributed by atoms with Crippen LogP contribution >= 0.6 is 0 Å². The first-order valence-electron chi connectivity index (χ1n) is 8.31. The highest BCUT2D eigenvalue weighted by Crippen LogP contribution is 2.32. The number of imidazole rings is 1. The van der Waals surface area contributed by atoms with Crippen LogP contribution in [0.2, 0.25) is 0 Å². The Kier molecular flexibility index (Phi) is 5.59. The SMILES string of the molecule is NN/N=C(\N)c1ccnc(-c2cn(CCc3ccccc3C(F)(F)F)cn2)c1. The smallest absolute Gasteiger partial charge is 0.382 e. The number of aryl methyl sites for hydroxylation is 2. The van der Waals surface area contributed by atoms with Crippen molar-refractivity contribution in [1.82, 2.24) is 20.1 Å². The van der Waals surface area contributed by atoms with Crippen molar-refractivity contribution >= 4 is 5.84 Å². The Bertz CT molecular complexity index is 979. The number of halogens is 3. The number of hydrogen-bond donors (Lipinski definition) is 3. The molecule has 0 bridgehead atoms. The second-order valence-corrected chi connectivity index (χ2v) is 5.96. The number of benzene rings is 1. The lowest BCUT2D eigenvalue weighted by Gasteiger charge is -2.12. The molecule has 28 heavy (non-hydrogen) atoms. The Morgan fingerprint density at radius 1 is 1.14 bits per heavy atom. The zero-order valence-electron chi connectivity index (χ0n) is 14.7. The molecule has 0 amide bonds. The number of hydrazine groups is 1. The third-order valence-corrected chi connectivity index (χ3v) is 4.10. The van der Waals surface area contributed by atoms with Gasteiger partial charge in [-0.2, -0.15) is 13.2 Å². The van der Waals surface area contributed by atoms with Crippen LogP contribution in [0.25, 0.3) is 11.4 Å². The molecule has 5 N–H and O–H groups in total. The Labute approximate surface area is 158 Å². The molecule has 0 radical (unpaired) electrons. The summed E-state index contributed by atoms with van der Waals surface area (Å²) in [5, 5.41) is 3.70. The fourth-order valence-electron chi connectivity index (χ4n) is 2.74. The van der Waals surface area contributed by atoms with E-state index in [1.165, 1.54) is 12.1 Å². The highest BCUT2D eigenvalue weighted by Gasteiger charge is 2.32. The molecule has 0 aliphatic rings. The van der Waals surface area contributed by atoms with Crippen molar-refractivity contribution < 1.29 is 13.2 Å². The molecule has 1 aromatic carbocycles. The lowest BCUT2D eigenvalue weighted by atomic mass is 10.0. The van der Waals surface area contributed by atoms with Crippen molar-refractivity contribution in [2.45, 2.75) is 19.1 Å². The normalized spacial score (nSPS) is 12.2. The molecule has 0 saturated carbocycles. The van der Waals surface area contributed by atoms with Gasteiger partial charge in [0.25, 0.3) is 0 Å². The van der Waals surface area contributed by atoms with Crippen molar-refractivity contribution in [3.63, 3.8) is 0 Å². The van der Waals surface area contributed by atoms with E-state index in [1.807, 2.05) is 0 Å². The van der Waals surface area contributed by atoms with Crippen molar-refractivity contribution in [1.29, 1.82) is 0 Å². The Morgan fingerprint density at radius 2 is 1.93 bits per heavy atom. The van der Waals surface area contributed by atoms with Crippen molar-refractivity contribution in [3.05, 3.63) is 71.8 Å². The van der Waals surface area contributed by atoms with Gasteiger partial charge < -0.3 is 10.3 Å². The minimum absolute atomic E-state index is 0.189. The van der Waals surface area contributed by atoms with E-state index in [2.05, 4.69) is 20.6 Å². The van der Waals surface area contributed by atoms with Gasteiger partial charge in [-0.05, 0) is 30.2 Å². The Balaban J connectivity index is 1.76. The summed E-state index contributed by atoms with van der Waals surface area (Å²) in [5.41, 5.74) is 9.26. The fraction of sp³-hybridized carbons (Fsp3) is 0.167. The van der Waals surface area contributed by atoms with Gasteiger partial charge >= 0.3 is 6.18 Å². The van der Waals surface area contributed by atoms with Gasteiger partial charge in [0.1, 0.15) is 5.69 Å². The molecular formula is C18H18F3N7. The first-order chi connectivity index (χ1) is 13.4. The first kappa shape index (κ1) is 19.4. The molecule has 146 valence electrons. The Morgan fingerprint density at radius 3 is 2.68 bits per heavy atom. The summed E-state index contributed by atoms with van der Waals surface area (Å²) < 4.78 is 41.0. The summed E-state index contributed by atoms with van der Waals surface area (Å²) in [6.45, 7) is 0.348. The number of nitrogens with two attached hydrogens (primary N) is 2. The maximum absolute atomic E-state index is 13.1. The number of aromatic nitrogens is 3. The van der Waals surface area contributed by atoms with E-state index < -0.39 is 11.7 Å². The first-order valence-corrected chi connectivity index (χ1v) is 8.31. The van der Waals surface area contributed by atoms with Gasteiger partial charge in [0.05, 0.1) is 17.6 Å². The highest BCUT2D eigenvalue weighted by molar-refractivity contribution is 5.97. The van der Waals surface area contributed by atoms with Crippen molar-refractivity contribution in [3.8, 4) is 11.4 Å². The van der Waals surface area contributed by atoms with E-state index >= 15 is 0 Å². The van der Waals surface area contributed by atoms with E-state index in [1.54, 1.807) is 41.5 Å². The van der Waals surface area contributed by atoms with Crippen LogP contribution in [0.3, 0.4) is 0 Å². The lowest BCUT2D eigenvalue weighted by molar-refractivity contribution is -0.138. The lowest BCUT2D eigenvalue weighted by Crippen LogP contribution is -2.23. The number of amidine groups is 1. The van der Waals surface area contributed by atoms with Crippen molar-refractivity contribution in [2.75, 3.05) is 0 Å². The summed E-state index contributed by atoms with van der Waals surface area (Å²) in [6, 6.07) is 8.93. The van der Waals surface area contributed by atoms with Gasteiger partial charge in [-0.3, -0.25) is 4.98 Å². The van der Waals surface area contributed by atoms with E-state index in [9.17, 15) is 13.2 Å². The molecule has 2 aromatic heterocycles. The summed E-state index contributed by atoms with van der Waals surface area (Å²) in [6.07, 6.45) is 0.680. The number of nitrogens with zero attached hydrogens (tertiary/aromatic N) is 4. The summed E-state index contributed by atoms with van der Waals surface area (Å²) in [7, 11) is 0. The van der Waals surface area contributed by atoms with Crippen molar-refractivity contribution in [2.24, 2.45) is 16.7 Å². The van der Waals surface area contributed by atoms with Crippen LogP contribution in [-0.2, 0) is 19.1 Å². The minimum atomic E-state index is -4.37. The van der Waals surface area contributed by atoms with Crippen LogP contribution in [0.4, 0.5) is 13.2 Å². The molecule has 2 heterocycles. The fourth-order valence-corrected chi connectivity index (χ4v) is 2.74. The summed E-state index contributed by atoms with van der Waals surface area (Å²) >= 11 is 0. The molecule has 0 atom stereocenters. The van der Waals surface area contributed by atoms with Crippen LogP contribution in [-0.4, -0.2) is 20.4 Å². The molecule has 7 nitrogen and oxygen atoms in total. The molecule has 0 aliphatic carbocycles. The molecule has 0 saturated heterocycles. The van der Waals surface area contributed by atoms with Gasteiger partial charge in [-0.25, -0.2) is 16.4 Å². The van der Waals surface area contributed by atoms with Gasteiger partial charge in [-0.15, -0.1) is 5.10 Å². The molecule has 0 aliphatic heterocycles. The minimum Gasteiger partial charge on any atom is -0.382 e. The van der Waals surface area contributed by atoms with E-state index in [4.69, 9.17) is 11.6 Å². The third kappa shape index (κ3) is 4.46. The monoisotopic (exact) mass is 389 g/mol. The molecule has 0 unspecified atom stereocenters. The molecule has 3 aromatic rings. The number of nitrogens with one attached hydrogen (secondary N) is 1. The quantitative estimate of drug-likeness (QED) is 0.260. The predicted octanol–water partition coefficient (Wildman–Crippen LogP) is 2.29. The second-order valence-electron chi connectivity index (χ2n) is 5.96. The maximum Gasteiger partial charge on any atom is 0.416 e. The van der Waals surface area contributed by atoms with E-state index in [0.29, 0.717) is 23.5 Å². The van der Waals surface area contributed by atoms with Crippen LogP contribution in [0.5, 0.6) is 0 Å². The number of pyridine rings is 1. The van der Waals surface area contributed by atoms with Crippen LogP contribution < -0.4 is 17.1 Å². The number of hydrogen-bond acceptors (Lipinski definition) is 5. The average molecular weight is 389 g/mol. The molecule has 0 spiro atoms. The molecule has 3 rings (SSSR count). The summed E-state index contributed by atoms with van der Waals surface area (Å²) in [4.78, 5) is 8.52. The number of hydrazone groups is 1. The highest BCUT2D eigenvalue weighted by atomic mass is 19.4.